The lowest BCUT2D eigenvalue weighted by molar-refractivity contribution is -0.313. The Balaban J connectivity index is 5.28. The van der Waals surface area contributed by atoms with Gasteiger partial charge in [-0.2, -0.15) is 5.26 Å². The van der Waals surface area contributed by atoms with Gasteiger partial charge in [-0.05, 0) is 7.05 Å². The fourth-order valence-corrected chi connectivity index (χ4v) is 2.12. The summed E-state index contributed by atoms with van der Waals surface area (Å²) >= 11 is 0. The number of aliphatic hydroxyl groups is 1. The average molecular weight is 351 g/mol. The van der Waals surface area contributed by atoms with Crippen LogP contribution in [0.4, 0.5) is 0 Å². The normalized spacial score (nSPS) is 12.4. The maximum atomic E-state index is 11.6. The molecule has 2 atom stereocenters. The Bertz CT molecular complexity index is 586. The first-order chi connectivity index (χ1) is 11.9. The molecule has 0 amide bonds. The fourth-order valence-electron chi connectivity index (χ4n) is 2.12. The van der Waals surface area contributed by atoms with Crippen LogP contribution in [0.3, 0.4) is 0 Å². The minimum absolute atomic E-state index is 0.00389. The van der Waals surface area contributed by atoms with Gasteiger partial charge in [-0.1, -0.05) is 4.85 Å². The Kier molecular flexibility index (Phi) is 11.3. The minimum Gasteiger partial charge on any atom is -0.550 e. The molecule has 0 fully saturated rings. The summed E-state index contributed by atoms with van der Waals surface area (Å²) in [6, 6.07) is 3.39. The molecule has 0 saturated heterocycles. The van der Waals surface area contributed by atoms with E-state index in [0.717, 1.165) is 0 Å². The number of nitriles is 2. The van der Waals surface area contributed by atoms with Crippen molar-refractivity contribution in [3.05, 3.63) is 4.85 Å². The number of carboxylic acids is 1. The second kappa shape index (κ2) is 12.7. The van der Waals surface area contributed by atoms with Gasteiger partial charge in [-0.25, -0.2) is 0 Å². The van der Waals surface area contributed by atoms with Crippen molar-refractivity contribution in [3.63, 3.8) is 0 Å². The number of aliphatic hydroxyl groups excluding tert-OH is 1. The van der Waals surface area contributed by atoms with E-state index in [1.807, 2.05) is 6.07 Å². The number of ether oxygens (including phenoxy) is 1. The Labute approximate surface area is 146 Å². The summed E-state index contributed by atoms with van der Waals surface area (Å²) in [6.45, 7) is 1.12. The molecule has 0 saturated carbocycles. The first-order valence-electron chi connectivity index (χ1n) is 7.46. The topological polar surface area (TPSA) is 145 Å². The zero-order valence-electron chi connectivity index (χ0n) is 14.2. The lowest BCUT2D eigenvalue weighted by atomic mass is 9.98. The van der Waals surface area contributed by atoms with E-state index in [1.54, 1.807) is 7.05 Å². The highest BCUT2D eigenvalue weighted by atomic mass is 16.5. The van der Waals surface area contributed by atoms with Crippen LogP contribution in [0.5, 0.6) is 0 Å². The van der Waals surface area contributed by atoms with Crippen molar-refractivity contribution in [2.24, 2.45) is 5.92 Å². The van der Waals surface area contributed by atoms with Crippen LogP contribution in [0.25, 0.3) is 4.85 Å². The van der Waals surface area contributed by atoms with Crippen LogP contribution in [-0.4, -0.2) is 79.3 Å². The quantitative estimate of drug-likeness (QED) is 0.250. The summed E-state index contributed by atoms with van der Waals surface area (Å²) in [5, 5.41) is 38.1. The van der Waals surface area contributed by atoms with Gasteiger partial charge in [0.1, 0.15) is 12.6 Å². The number of hydrogen-bond donors (Lipinski definition) is 1. The van der Waals surface area contributed by atoms with Gasteiger partial charge in [0.05, 0.1) is 19.2 Å². The van der Waals surface area contributed by atoms with Crippen LogP contribution in [-0.2, 0) is 14.3 Å². The number of nitrogens with zero attached hydrogens (tertiary/aromatic N) is 5. The SMILES string of the molecule is CC(=O)OCCN(CC#N)CC(C(=O)[O-])C(C#[N+]C#N)N(C)CCO. The molecule has 1 N–H and O–H groups in total. The number of carbonyl (C=O) groups is 2. The Morgan fingerprint density at radius 3 is 2.52 bits per heavy atom. The summed E-state index contributed by atoms with van der Waals surface area (Å²) < 4.78 is 4.80. The van der Waals surface area contributed by atoms with E-state index in [-0.39, 0.29) is 39.4 Å². The summed E-state index contributed by atoms with van der Waals surface area (Å²) in [5.74, 6) is -3.06. The third-order valence-electron chi connectivity index (χ3n) is 3.32. The van der Waals surface area contributed by atoms with E-state index >= 15 is 0 Å². The third kappa shape index (κ3) is 9.23. The van der Waals surface area contributed by atoms with Gasteiger partial charge < -0.3 is 19.7 Å². The van der Waals surface area contributed by atoms with E-state index in [2.05, 4.69) is 10.9 Å². The Morgan fingerprint density at radius 1 is 1.36 bits per heavy atom. The van der Waals surface area contributed by atoms with Crippen molar-refractivity contribution < 1.29 is 24.5 Å². The molecule has 0 aliphatic carbocycles. The van der Waals surface area contributed by atoms with Crippen molar-refractivity contribution in [2.45, 2.75) is 13.0 Å². The minimum atomic E-state index is -1.41. The highest BCUT2D eigenvalue weighted by Crippen LogP contribution is 2.12. The molecular weight excluding hydrogens is 330 g/mol. The summed E-state index contributed by atoms with van der Waals surface area (Å²) in [7, 11) is 1.55. The predicted octanol–water partition coefficient (Wildman–Crippen LogP) is -2.15. The molecule has 25 heavy (non-hydrogen) atoms. The average Bonchev–Trinajstić information content (AvgIpc) is 2.53. The molecule has 0 aliphatic heterocycles. The van der Waals surface area contributed by atoms with Gasteiger partial charge in [-0.3, -0.25) is 14.6 Å². The monoisotopic (exact) mass is 351 g/mol. The predicted molar refractivity (Wildman–Crippen MR) is 83.5 cm³/mol. The molecule has 0 bridgehead atoms. The van der Waals surface area contributed by atoms with Gasteiger partial charge in [0.2, 0.25) is 0 Å². The van der Waals surface area contributed by atoms with Crippen molar-refractivity contribution in [1.29, 1.82) is 10.5 Å². The molecule has 2 unspecified atom stereocenters. The number of carbonyl (C=O) groups excluding carboxylic acids is 2. The molecule has 0 aliphatic rings. The number of esters is 1. The molecule has 10 nitrogen and oxygen atoms in total. The molecule has 136 valence electrons. The van der Waals surface area contributed by atoms with Crippen LogP contribution in [0.1, 0.15) is 6.92 Å². The third-order valence-corrected chi connectivity index (χ3v) is 3.32. The van der Waals surface area contributed by atoms with Crippen LogP contribution >= 0.6 is 0 Å². The van der Waals surface area contributed by atoms with Crippen LogP contribution in [0.2, 0.25) is 0 Å². The lowest BCUT2D eigenvalue weighted by Gasteiger charge is -2.32. The molecule has 0 aromatic rings. The van der Waals surface area contributed by atoms with Crippen LogP contribution in [0.15, 0.2) is 0 Å². The lowest BCUT2D eigenvalue weighted by Crippen LogP contribution is -2.51. The van der Waals surface area contributed by atoms with Crippen molar-refractivity contribution in [2.75, 3.05) is 46.4 Å². The largest absolute Gasteiger partial charge is 0.578 e. The van der Waals surface area contributed by atoms with Gasteiger partial charge in [-0.15, -0.1) is 0 Å². The van der Waals surface area contributed by atoms with E-state index in [0.29, 0.717) is 0 Å². The molecule has 10 heteroatoms. The van der Waals surface area contributed by atoms with Crippen molar-refractivity contribution in [3.8, 4) is 18.3 Å². The molecule has 0 aromatic carbocycles. The highest BCUT2D eigenvalue weighted by Gasteiger charge is 2.30. The standard InChI is InChI=1S/C15H21N5O5/c1-12(22)25-8-6-20(4-3-16)10-13(15(23)24)14(9-18-11-17)19(2)5-7-21/h13-14,21H,4-8,10H2,1-2H3. The van der Waals surface area contributed by atoms with Gasteiger partial charge in [0.25, 0.3) is 0 Å². The van der Waals surface area contributed by atoms with Crippen molar-refractivity contribution >= 4 is 11.9 Å². The second-order valence-electron chi connectivity index (χ2n) is 5.15. The molecule has 0 aromatic heterocycles. The molecule has 0 rings (SSSR count). The van der Waals surface area contributed by atoms with Gasteiger partial charge in [0.15, 0.2) is 11.3 Å². The van der Waals surface area contributed by atoms with Crippen molar-refractivity contribution in [1.82, 2.24) is 9.80 Å². The van der Waals surface area contributed by atoms with E-state index in [4.69, 9.17) is 20.4 Å². The maximum Gasteiger partial charge on any atom is 0.578 e. The maximum absolute atomic E-state index is 11.6. The second-order valence-corrected chi connectivity index (χ2v) is 5.15. The molecule has 0 radical (unpaired) electrons. The van der Waals surface area contributed by atoms with Gasteiger partial charge >= 0.3 is 12.2 Å². The Hall–Kier alpha value is -2.71. The summed E-state index contributed by atoms with van der Waals surface area (Å²) in [5.41, 5.74) is 0. The fraction of sp³-hybridized carbons (Fsp3) is 0.667. The summed E-state index contributed by atoms with van der Waals surface area (Å²) in [4.78, 5) is 28.6. The zero-order chi connectivity index (χ0) is 19.2. The number of rotatable bonds is 11. The Morgan fingerprint density at radius 2 is 2.04 bits per heavy atom. The zero-order valence-corrected chi connectivity index (χ0v) is 14.2. The molecule has 0 heterocycles. The van der Waals surface area contributed by atoms with Crippen LogP contribution in [0, 0.1) is 34.8 Å². The highest BCUT2D eigenvalue weighted by molar-refractivity contribution is 5.69. The van der Waals surface area contributed by atoms with E-state index < -0.39 is 23.9 Å². The number of carboxylic acid groups (broad SMARTS) is 1. The first-order valence-corrected chi connectivity index (χ1v) is 7.46. The number of hydrogen-bond acceptors (Lipinski definition) is 9. The smallest absolute Gasteiger partial charge is 0.550 e. The summed E-state index contributed by atoms with van der Waals surface area (Å²) in [6.07, 6.45) is 1.50. The molecular formula is C15H21N5O5. The van der Waals surface area contributed by atoms with E-state index in [9.17, 15) is 14.7 Å². The van der Waals surface area contributed by atoms with Gasteiger partial charge in [0, 0.05) is 38.4 Å². The first kappa shape index (κ1) is 22.3. The number of aliphatic carboxylic acids is 1. The van der Waals surface area contributed by atoms with Crippen LogP contribution < -0.4 is 5.11 Å². The molecule has 0 spiro atoms. The number of likely N-dealkylation sites (N-methyl/N-ethyl adjacent to an activating group) is 1. The van der Waals surface area contributed by atoms with E-state index in [1.165, 1.54) is 22.9 Å².